The van der Waals surface area contributed by atoms with Crippen molar-refractivity contribution in [2.24, 2.45) is 11.8 Å². The third-order valence-electron chi connectivity index (χ3n) is 6.63. The van der Waals surface area contributed by atoms with E-state index in [9.17, 15) is 14.4 Å². The molecule has 0 aliphatic heterocycles. The zero-order valence-corrected chi connectivity index (χ0v) is 22.7. The first kappa shape index (κ1) is 26.1. The van der Waals surface area contributed by atoms with Gasteiger partial charge in [0.25, 0.3) is 5.91 Å². The van der Waals surface area contributed by atoms with E-state index in [0.717, 1.165) is 36.1 Å². The zero-order valence-electron chi connectivity index (χ0n) is 21.1. The number of hydrogen-bond donors (Lipinski definition) is 1. The smallest absolute Gasteiger partial charge is 0.350 e. The molecule has 3 aromatic rings. The molecule has 1 aliphatic carbocycles. The van der Waals surface area contributed by atoms with Gasteiger partial charge in [-0.15, -0.1) is 22.7 Å². The summed E-state index contributed by atoms with van der Waals surface area (Å²) in [6.45, 7) is 6.19. The second-order valence-corrected chi connectivity index (χ2v) is 11.6. The maximum absolute atomic E-state index is 13.6. The van der Waals surface area contributed by atoms with Crippen LogP contribution in [-0.4, -0.2) is 30.9 Å². The summed E-state index contributed by atoms with van der Waals surface area (Å²) >= 11 is 2.71. The van der Waals surface area contributed by atoms with Crippen LogP contribution in [0.3, 0.4) is 0 Å². The Morgan fingerprint density at radius 1 is 1.06 bits per heavy atom. The van der Waals surface area contributed by atoms with Crippen molar-refractivity contribution in [1.29, 1.82) is 0 Å². The van der Waals surface area contributed by atoms with E-state index < -0.39 is 5.97 Å². The highest BCUT2D eigenvalue weighted by atomic mass is 32.1. The fraction of sp³-hybridized carbons (Fsp3) is 0.393. The average molecular weight is 525 g/mol. The molecule has 1 saturated carbocycles. The number of methoxy groups -OCH3 is 1. The lowest BCUT2D eigenvalue weighted by Gasteiger charge is -2.33. The molecule has 6 nitrogen and oxygen atoms in total. The van der Waals surface area contributed by atoms with Crippen LogP contribution in [0.2, 0.25) is 0 Å². The first-order valence-corrected chi connectivity index (χ1v) is 14.0. The van der Waals surface area contributed by atoms with E-state index in [2.05, 4.69) is 12.2 Å². The Bertz CT molecular complexity index is 1210. The highest BCUT2D eigenvalue weighted by Crippen LogP contribution is 2.40. The lowest BCUT2D eigenvalue weighted by Crippen LogP contribution is -2.42. The minimum atomic E-state index is -0.447. The highest BCUT2D eigenvalue weighted by Gasteiger charge is 2.33. The fourth-order valence-corrected chi connectivity index (χ4v) is 6.31. The normalized spacial score (nSPS) is 17.6. The standard InChI is InChI=1S/C28H32N2O4S2/c1-17(2)30(27(32)20-9-7-18(3)8-10-20)22-16-24(36-25(22)28(33)34-4)19-11-13-21(14-12-19)29-26(31)23-6-5-15-35-23/h5-6,11-18,20H,7-10H2,1-4H3,(H,29,31)/t18-,20-. The van der Waals surface area contributed by atoms with Crippen LogP contribution in [0.15, 0.2) is 47.8 Å². The second kappa shape index (κ2) is 11.4. The quantitative estimate of drug-likeness (QED) is 0.335. The molecule has 36 heavy (non-hydrogen) atoms. The minimum absolute atomic E-state index is 0.0244. The largest absolute Gasteiger partial charge is 0.465 e. The summed E-state index contributed by atoms with van der Waals surface area (Å²) in [4.78, 5) is 42.4. The zero-order chi connectivity index (χ0) is 25.8. The molecule has 2 aromatic heterocycles. The molecule has 2 amide bonds. The third-order valence-corrected chi connectivity index (χ3v) is 8.66. The number of benzene rings is 1. The van der Waals surface area contributed by atoms with Crippen LogP contribution >= 0.6 is 22.7 Å². The molecule has 0 unspecified atom stereocenters. The van der Waals surface area contributed by atoms with Crippen LogP contribution in [0.4, 0.5) is 11.4 Å². The number of hydrogen-bond acceptors (Lipinski definition) is 6. The van der Waals surface area contributed by atoms with Crippen molar-refractivity contribution in [3.63, 3.8) is 0 Å². The molecular weight excluding hydrogens is 492 g/mol. The molecule has 1 aromatic carbocycles. The number of nitrogens with one attached hydrogen (secondary N) is 1. The van der Waals surface area contributed by atoms with Crippen molar-refractivity contribution in [1.82, 2.24) is 0 Å². The van der Waals surface area contributed by atoms with E-state index in [-0.39, 0.29) is 23.8 Å². The highest BCUT2D eigenvalue weighted by molar-refractivity contribution is 7.18. The van der Waals surface area contributed by atoms with Gasteiger partial charge in [0.1, 0.15) is 4.88 Å². The number of rotatable bonds is 7. The predicted molar refractivity (Wildman–Crippen MR) is 147 cm³/mol. The molecule has 0 radical (unpaired) electrons. The van der Waals surface area contributed by atoms with Crippen LogP contribution in [0, 0.1) is 11.8 Å². The van der Waals surface area contributed by atoms with E-state index in [1.165, 1.54) is 29.8 Å². The van der Waals surface area contributed by atoms with Gasteiger partial charge in [-0.1, -0.05) is 25.1 Å². The number of anilines is 2. The third kappa shape index (κ3) is 5.71. The van der Waals surface area contributed by atoms with Gasteiger partial charge in [-0.2, -0.15) is 0 Å². The van der Waals surface area contributed by atoms with E-state index in [1.54, 1.807) is 11.0 Å². The van der Waals surface area contributed by atoms with Gasteiger partial charge in [0.2, 0.25) is 5.91 Å². The molecule has 0 spiro atoms. The maximum Gasteiger partial charge on any atom is 0.350 e. The van der Waals surface area contributed by atoms with Crippen LogP contribution in [0.25, 0.3) is 10.4 Å². The molecular formula is C28H32N2O4S2. The SMILES string of the molecule is COC(=O)c1sc(-c2ccc(NC(=O)c3cccs3)cc2)cc1N(C(=O)[C@H]1CC[C@H](C)CC1)C(C)C. The van der Waals surface area contributed by atoms with E-state index in [0.29, 0.717) is 27.0 Å². The summed E-state index contributed by atoms with van der Waals surface area (Å²) in [5.74, 6) is 0.115. The van der Waals surface area contributed by atoms with Gasteiger partial charge >= 0.3 is 5.97 Å². The van der Waals surface area contributed by atoms with Crippen LogP contribution in [0.5, 0.6) is 0 Å². The van der Waals surface area contributed by atoms with Gasteiger partial charge in [0, 0.05) is 22.5 Å². The van der Waals surface area contributed by atoms with Gasteiger partial charge in [0.15, 0.2) is 0 Å². The summed E-state index contributed by atoms with van der Waals surface area (Å²) in [6.07, 6.45) is 3.87. The first-order valence-electron chi connectivity index (χ1n) is 12.3. The van der Waals surface area contributed by atoms with Gasteiger partial charge in [0.05, 0.1) is 17.7 Å². The number of nitrogens with zero attached hydrogens (tertiary/aromatic N) is 1. The van der Waals surface area contributed by atoms with Crippen molar-refractivity contribution in [2.45, 2.75) is 52.5 Å². The second-order valence-electron chi connectivity index (χ2n) is 9.58. The van der Waals surface area contributed by atoms with E-state index in [4.69, 9.17) is 4.74 Å². The van der Waals surface area contributed by atoms with Gasteiger partial charge in [-0.05, 0) is 80.7 Å². The number of carbonyl (C=O) groups excluding carboxylic acids is 3. The average Bonchev–Trinajstić information content (AvgIpc) is 3.55. The number of amides is 2. The molecule has 0 saturated heterocycles. The Morgan fingerprint density at radius 3 is 2.33 bits per heavy atom. The summed E-state index contributed by atoms with van der Waals surface area (Å²) < 4.78 is 5.08. The van der Waals surface area contributed by atoms with Crippen molar-refractivity contribution < 1.29 is 19.1 Å². The molecule has 190 valence electrons. The lowest BCUT2D eigenvalue weighted by atomic mass is 9.82. The monoisotopic (exact) mass is 524 g/mol. The summed E-state index contributed by atoms with van der Waals surface area (Å²) in [5.41, 5.74) is 2.19. The Labute approximate surface area is 220 Å². The van der Waals surface area contributed by atoms with Crippen molar-refractivity contribution >= 4 is 51.8 Å². The molecule has 1 fully saturated rings. The molecule has 1 N–H and O–H groups in total. The summed E-state index contributed by atoms with van der Waals surface area (Å²) in [5, 5.41) is 4.77. The first-order chi connectivity index (χ1) is 17.3. The van der Waals surface area contributed by atoms with Gasteiger partial charge in [-0.3, -0.25) is 9.59 Å². The summed E-state index contributed by atoms with van der Waals surface area (Å²) in [7, 11) is 1.36. The van der Waals surface area contributed by atoms with Crippen molar-refractivity contribution in [2.75, 3.05) is 17.3 Å². The Hall–Kier alpha value is -2.97. The topological polar surface area (TPSA) is 75.7 Å². The van der Waals surface area contributed by atoms with E-state index in [1.807, 2.05) is 55.6 Å². The lowest BCUT2D eigenvalue weighted by molar-refractivity contribution is -0.123. The summed E-state index contributed by atoms with van der Waals surface area (Å²) in [6, 6.07) is 12.9. The molecule has 2 heterocycles. The molecule has 8 heteroatoms. The molecule has 1 aliphatic rings. The van der Waals surface area contributed by atoms with Gasteiger partial charge < -0.3 is 15.0 Å². The molecule has 4 rings (SSSR count). The van der Waals surface area contributed by atoms with Crippen LogP contribution in [0.1, 0.15) is 65.8 Å². The van der Waals surface area contributed by atoms with Crippen LogP contribution < -0.4 is 10.2 Å². The number of ether oxygens (including phenoxy) is 1. The fourth-order valence-electron chi connectivity index (χ4n) is 4.61. The van der Waals surface area contributed by atoms with Crippen molar-refractivity contribution in [3.05, 3.63) is 57.6 Å². The predicted octanol–water partition coefficient (Wildman–Crippen LogP) is 7.08. The minimum Gasteiger partial charge on any atom is -0.465 e. The number of carbonyl (C=O) groups is 3. The Morgan fingerprint density at radius 2 is 1.75 bits per heavy atom. The van der Waals surface area contributed by atoms with Crippen molar-refractivity contribution in [3.8, 4) is 10.4 Å². The maximum atomic E-state index is 13.6. The van der Waals surface area contributed by atoms with Gasteiger partial charge in [-0.25, -0.2) is 4.79 Å². The molecule has 0 atom stereocenters. The number of esters is 1. The van der Waals surface area contributed by atoms with Crippen LogP contribution in [-0.2, 0) is 9.53 Å². The number of thiophene rings is 2. The Balaban J connectivity index is 1.61. The Kier molecular flexibility index (Phi) is 8.26. The molecule has 0 bridgehead atoms. The van der Waals surface area contributed by atoms with E-state index >= 15 is 0 Å².